The summed E-state index contributed by atoms with van der Waals surface area (Å²) >= 11 is 3.49. The minimum absolute atomic E-state index is 0.0693. The molecule has 1 saturated heterocycles. The predicted octanol–water partition coefficient (Wildman–Crippen LogP) is 2.28. The Kier molecular flexibility index (Phi) is 10.3. The summed E-state index contributed by atoms with van der Waals surface area (Å²) in [5, 5.41) is 34.7. The summed E-state index contributed by atoms with van der Waals surface area (Å²) in [6, 6.07) is 10.5. The van der Waals surface area contributed by atoms with Gasteiger partial charge in [0.25, 0.3) is 10.0 Å². The number of carboxylic acid groups (broad SMARTS) is 3. The van der Waals surface area contributed by atoms with Crippen molar-refractivity contribution in [1.82, 2.24) is 13.8 Å². The topological polar surface area (TPSA) is 178 Å². The van der Waals surface area contributed by atoms with Crippen molar-refractivity contribution < 1.29 is 47.6 Å². The van der Waals surface area contributed by atoms with Crippen LogP contribution in [0, 0.1) is 5.82 Å². The lowest BCUT2D eigenvalue weighted by atomic mass is 9.96. The number of carbonyl (C=O) groups is 3. The second-order valence-corrected chi connectivity index (χ2v) is 12.4. The van der Waals surface area contributed by atoms with Crippen molar-refractivity contribution >= 4 is 54.8 Å². The van der Waals surface area contributed by atoms with E-state index in [1.165, 1.54) is 28.2 Å². The molecule has 0 unspecified atom stereocenters. The lowest BCUT2D eigenvalue weighted by Gasteiger charge is -2.32. The molecule has 0 saturated carbocycles. The molecule has 0 spiro atoms. The molecule has 222 valence electrons. The van der Waals surface area contributed by atoms with Crippen molar-refractivity contribution in [2.75, 3.05) is 33.2 Å². The van der Waals surface area contributed by atoms with Crippen LogP contribution in [0.25, 0.3) is 10.9 Å². The van der Waals surface area contributed by atoms with E-state index in [2.05, 4.69) is 32.8 Å². The van der Waals surface area contributed by atoms with E-state index in [-0.39, 0.29) is 4.90 Å². The highest BCUT2D eigenvalue weighted by molar-refractivity contribution is 9.10. The number of likely N-dealkylation sites (N-methyl/N-ethyl adjacent to an activating group) is 1. The Morgan fingerprint density at radius 3 is 2.02 bits per heavy atom. The fourth-order valence-electron chi connectivity index (χ4n) is 4.24. The molecule has 2 aromatic carbocycles. The van der Waals surface area contributed by atoms with Crippen LogP contribution in [0.2, 0.25) is 0 Å². The average Bonchev–Trinajstić information content (AvgIpc) is 3.23. The maximum atomic E-state index is 13.3. The third-order valence-electron chi connectivity index (χ3n) is 6.46. The van der Waals surface area contributed by atoms with E-state index in [9.17, 15) is 27.2 Å². The van der Waals surface area contributed by atoms with E-state index in [0.29, 0.717) is 12.1 Å². The molecule has 2 heterocycles. The molecule has 41 heavy (non-hydrogen) atoms. The highest BCUT2D eigenvalue weighted by Gasteiger charge is 2.40. The van der Waals surface area contributed by atoms with Crippen LogP contribution in [-0.4, -0.2) is 99.4 Å². The maximum Gasteiger partial charge on any atom is 0.336 e. The molecule has 1 fully saturated rings. The fraction of sp³-hybridized carbons (Fsp3) is 0.346. The number of aliphatic carboxylic acids is 3. The molecule has 15 heteroatoms. The first-order valence-electron chi connectivity index (χ1n) is 12.2. The van der Waals surface area contributed by atoms with E-state index in [1.807, 2.05) is 12.1 Å². The summed E-state index contributed by atoms with van der Waals surface area (Å²) in [7, 11) is -1.71. The molecule has 0 atom stereocenters. The second-order valence-electron chi connectivity index (χ2n) is 9.63. The standard InChI is InChI=1S/C20H21BrFN3O2S.C6H8O7/c1-23-8-10-24(11-9-23)13-15-14-25(20-7-2-16(21)12-19(15)20)28(26,27)18-5-3-17(22)4-6-18;7-3(8)1-6(13,5(11)12)2-4(9)10/h2-7,12,14H,8-11,13H2,1H3;13H,1-2H2,(H,7,8)(H,9,10)(H,11,12). The first-order valence-corrected chi connectivity index (χ1v) is 14.5. The smallest absolute Gasteiger partial charge is 0.336 e. The number of nitrogens with zero attached hydrogens (tertiary/aromatic N) is 3. The number of carboxylic acids is 3. The van der Waals surface area contributed by atoms with Gasteiger partial charge < -0.3 is 25.3 Å². The first kappa shape index (κ1) is 32.1. The van der Waals surface area contributed by atoms with Crippen LogP contribution in [0.4, 0.5) is 4.39 Å². The Bertz CT molecular complexity index is 1520. The van der Waals surface area contributed by atoms with Gasteiger partial charge in [-0.1, -0.05) is 15.9 Å². The minimum atomic E-state index is -3.82. The SMILES string of the molecule is CN1CCN(Cc2cn(S(=O)(=O)c3ccc(F)cc3)c3ccc(Br)cc23)CC1.O=C(O)CC(O)(CC(=O)O)C(=O)O. The van der Waals surface area contributed by atoms with Crippen molar-refractivity contribution in [2.24, 2.45) is 0 Å². The van der Waals surface area contributed by atoms with Gasteiger partial charge in [-0.25, -0.2) is 21.6 Å². The fourth-order valence-corrected chi connectivity index (χ4v) is 6.00. The van der Waals surface area contributed by atoms with Gasteiger partial charge in [0.1, 0.15) is 5.82 Å². The summed E-state index contributed by atoms with van der Waals surface area (Å²) in [6.45, 7) is 4.57. The maximum absolute atomic E-state index is 13.3. The normalized spacial score (nSPS) is 14.8. The van der Waals surface area contributed by atoms with Crippen molar-refractivity contribution in [2.45, 2.75) is 29.9 Å². The van der Waals surface area contributed by atoms with E-state index >= 15 is 0 Å². The summed E-state index contributed by atoms with van der Waals surface area (Å²) < 4.78 is 41.9. The van der Waals surface area contributed by atoms with Gasteiger partial charge in [0.15, 0.2) is 5.60 Å². The van der Waals surface area contributed by atoms with Gasteiger partial charge in [0, 0.05) is 48.8 Å². The largest absolute Gasteiger partial charge is 0.481 e. The van der Waals surface area contributed by atoms with Crippen LogP contribution in [0.15, 0.2) is 58.0 Å². The number of hydrogen-bond acceptors (Lipinski definition) is 8. The second kappa shape index (κ2) is 13.1. The van der Waals surface area contributed by atoms with Crippen molar-refractivity contribution in [1.29, 1.82) is 0 Å². The summed E-state index contributed by atoms with van der Waals surface area (Å²) in [6.07, 6.45) is -0.586. The molecule has 0 bridgehead atoms. The number of halogens is 2. The van der Waals surface area contributed by atoms with E-state index in [0.717, 1.165) is 41.6 Å². The Hall–Kier alpha value is -3.37. The molecule has 1 aliphatic heterocycles. The predicted molar refractivity (Wildman–Crippen MR) is 148 cm³/mol. The molecule has 0 amide bonds. The van der Waals surface area contributed by atoms with Crippen molar-refractivity contribution in [3.63, 3.8) is 0 Å². The van der Waals surface area contributed by atoms with Gasteiger partial charge in [0.2, 0.25) is 0 Å². The van der Waals surface area contributed by atoms with Gasteiger partial charge in [0.05, 0.1) is 23.3 Å². The summed E-state index contributed by atoms with van der Waals surface area (Å²) in [5.74, 6) is -5.48. The third kappa shape index (κ3) is 8.10. The first-order chi connectivity index (χ1) is 19.1. The lowest BCUT2D eigenvalue weighted by Crippen LogP contribution is -2.43. The number of hydrogen-bond donors (Lipinski definition) is 4. The van der Waals surface area contributed by atoms with Crippen LogP contribution in [-0.2, 0) is 31.0 Å². The summed E-state index contributed by atoms with van der Waals surface area (Å²) in [5.41, 5.74) is -1.15. The highest BCUT2D eigenvalue weighted by Crippen LogP contribution is 2.30. The van der Waals surface area contributed by atoms with E-state index < -0.39 is 52.2 Å². The molecular formula is C26H29BrFN3O9S. The Labute approximate surface area is 243 Å². The molecule has 4 N–H and O–H groups in total. The van der Waals surface area contributed by atoms with Gasteiger partial charge in [-0.05, 0) is 55.1 Å². The minimum Gasteiger partial charge on any atom is -0.481 e. The number of rotatable bonds is 9. The van der Waals surface area contributed by atoms with Gasteiger partial charge in [-0.15, -0.1) is 0 Å². The molecule has 0 radical (unpaired) electrons. The number of aliphatic hydroxyl groups is 1. The monoisotopic (exact) mass is 657 g/mol. The van der Waals surface area contributed by atoms with E-state index in [4.69, 9.17) is 20.4 Å². The van der Waals surface area contributed by atoms with Crippen LogP contribution in [0.1, 0.15) is 18.4 Å². The van der Waals surface area contributed by atoms with Crippen LogP contribution >= 0.6 is 15.9 Å². The zero-order chi connectivity index (χ0) is 30.5. The average molecular weight is 658 g/mol. The van der Waals surface area contributed by atoms with Gasteiger partial charge in [-0.3, -0.25) is 14.5 Å². The number of benzene rings is 2. The molecule has 1 aliphatic rings. The molecule has 0 aliphatic carbocycles. The Balaban J connectivity index is 0.000000302. The highest BCUT2D eigenvalue weighted by atomic mass is 79.9. The Morgan fingerprint density at radius 1 is 0.951 bits per heavy atom. The quantitative estimate of drug-likeness (QED) is 0.265. The van der Waals surface area contributed by atoms with Crippen molar-refractivity contribution in [3.8, 4) is 0 Å². The number of piperazine rings is 1. The van der Waals surface area contributed by atoms with Crippen LogP contribution in [0.5, 0.6) is 0 Å². The molecular weight excluding hydrogens is 629 g/mol. The van der Waals surface area contributed by atoms with Crippen LogP contribution in [0.3, 0.4) is 0 Å². The number of aromatic nitrogens is 1. The zero-order valence-electron chi connectivity index (χ0n) is 21.9. The van der Waals surface area contributed by atoms with E-state index in [1.54, 1.807) is 12.3 Å². The van der Waals surface area contributed by atoms with Crippen LogP contribution < -0.4 is 0 Å². The van der Waals surface area contributed by atoms with Crippen molar-refractivity contribution in [3.05, 3.63) is 64.5 Å². The molecule has 12 nitrogen and oxygen atoms in total. The van der Waals surface area contributed by atoms with Gasteiger partial charge >= 0.3 is 17.9 Å². The lowest BCUT2D eigenvalue weighted by molar-refractivity contribution is -0.170. The van der Waals surface area contributed by atoms with Gasteiger partial charge in [-0.2, -0.15) is 0 Å². The molecule has 1 aromatic heterocycles. The summed E-state index contributed by atoms with van der Waals surface area (Å²) in [4.78, 5) is 35.2. The molecule has 4 rings (SSSR count). The zero-order valence-corrected chi connectivity index (χ0v) is 24.3. The number of fused-ring (bicyclic) bond motifs is 1. The third-order valence-corrected chi connectivity index (χ3v) is 8.64. The molecule has 3 aromatic rings. The Morgan fingerprint density at radius 2 is 1.51 bits per heavy atom.